The fraction of sp³-hybridized carbons (Fsp3) is 0.143. The molecule has 1 N–H and O–H groups in total. The Bertz CT molecular complexity index is 688. The molecule has 3 rings (SSSR count). The molecule has 0 unspecified atom stereocenters. The molecule has 0 atom stereocenters. The minimum absolute atomic E-state index is 0.425. The molecule has 2 heterocycles. The summed E-state index contributed by atoms with van der Waals surface area (Å²) in [5.41, 5.74) is 2.84. The molecule has 2 aromatic rings. The molecule has 6 heteroatoms. The van der Waals surface area contributed by atoms with E-state index in [1.807, 2.05) is 6.07 Å². The number of fused-ring (bicyclic) bond motifs is 3. The number of nitrogens with one attached hydrogen (secondary N) is 1. The van der Waals surface area contributed by atoms with Crippen molar-refractivity contribution in [3.05, 3.63) is 41.0 Å². The summed E-state index contributed by atoms with van der Waals surface area (Å²) < 4.78 is 10.2. The average Bonchev–Trinajstić information content (AvgIpc) is 2.46. The van der Waals surface area contributed by atoms with E-state index in [0.717, 1.165) is 22.4 Å². The first-order valence-corrected chi connectivity index (χ1v) is 6.32. The van der Waals surface area contributed by atoms with Crippen molar-refractivity contribution in [2.75, 3.05) is 12.4 Å². The summed E-state index contributed by atoms with van der Waals surface area (Å²) in [6, 6.07) is 7.25. The predicted molar refractivity (Wildman–Crippen MR) is 75.0 cm³/mol. The number of carbonyl (C=O) groups excluding carboxylic acids is 1. The van der Waals surface area contributed by atoms with Gasteiger partial charge in [-0.2, -0.15) is 0 Å². The van der Waals surface area contributed by atoms with Crippen LogP contribution in [0.4, 0.5) is 10.6 Å². The number of benzene rings is 1. The van der Waals surface area contributed by atoms with E-state index in [0.29, 0.717) is 17.4 Å². The lowest BCUT2D eigenvalue weighted by Gasteiger charge is -2.21. The lowest BCUT2D eigenvalue weighted by molar-refractivity contribution is 0.187. The number of nitrogens with zero attached hydrogens (tertiary/aromatic N) is 1. The lowest BCUT2D eigenvalue weighted by Crippen LogP contribution is -2.13. The van der Waals surface area contributed by atoms with Gasteiger partial charge in [0.15, 0.2) is 0 Å². The number of rotatable bonds is 1. The van der Waals surface area contributed by atoms with Crippen LogP contribution in [0, 0.1) is 0 Å². The number of anilines is 1. The molecular formula is C14H11ClN2O3. The zero-order valence-electron chi connectivity index (χ0n) is 10.6. The lowest BCUT2D eigenvalue weighted by atomic mass is 9.99. The summed E-state index contributed by atoms with van der Waals surface area (Å²) in [7, 11) is 1.30. The van der Waals surface area contributed by atoms with Gasteiger partial charge in [0.25, 0.3) is 0 Å². The summed E-state index contributed by atoms with van der Waals surface area (Å²) in [6.07, 6.45) is 1.12. The third-order valence-corrected chi connectivity index (χ3v) is 3.25. The highest BCUT2D eigenvalue weighted by Crippen LogP contribution is 2.39. The Morgan fingerprint density at radius 2 is 2.25 bits per heavy atom. The Labute approximate surface area is 120 Å². The fourth-order valence-electron chi connectivity index (χ4n) is 2.07. The zero-order chi connectivity index (χ0) is 14.1. The summed E-state index contributed by atoms with van der Waals surface area (Å²) in [6.45, 7) is 0.425. The van der Waals surface area contributed by atoms with Crippen LogP contribution in [0.25, 0.3) is 11.1 Å². The first-order chi connectivity index (χ1) is 9.67. The van der Waals surface area contributed by atoms with E-state index >= 15 is 0 Å². The highest BCUT2D eigenvalue weighted by molar-refractivity contribution is 6.30. The summed E-state index contributed by atoms with van der Waals surface area (Å²) in [4.78, 5) is 15.4. The molecule has 0 fully saturated rings. The van der Waals surface area contributed by atoms with Crippen LogP contribution in [-0.4, -0.2) is 18.2 Å². The molecule has 0 saturated heterocycles. The number of halogens is 1. The van der Waals surface area contributed by atoms with E-state index < -0.39 is 6.09 Å². The van der Waals surface area contributed by atoms with Crippen molar-refractivity contribution in [3.8, 4) is 16.9 Å². The Balaban J connectivity index is 2.03. The van der Waals surface area contributed by atoms with Crippen LogP contribution in [0.3, 0.4) is 0 Å². The van der Waals surface area contributed by atoms with Crippen molar-refractivity contribution >= 4 is 23.5 Å². The highest BCUT2D eigenvalue weighted by Gasteiger charge is 2.19. The third kappa shape index (κ3) is 2.28. The second-order valence-electron chi connectivity index (χ2n) is 4.27. The third-order valence-electron chi connectivity index (χ3n) is 3.02. The Morgan fingerprint density at radius 1 is 1.40 bits per heavy atom. The molecule has 0 aliphatic carbocycles. The van der Waals surface area contributed by atoms with Gasteiger partial charge in [-0.05, 0) is 29.8 Å². The number of ether oxygens (including phenoxy) is 2. The van der Waals surface area contributed by atoms with E-state index in [4.69, 9.17) is 16.3 Å². The average molecular weight is 291 g/mol. The van der Waals surface area contributed by atoms with Crippen LogP contribution in [0.5, 0.6) is 5.75 Å². The molecule has 1 aliphatic rings. The molecule has 0 bridgehead atoms. The van der Waals surface area contributed by atoms with Crippen LogP contribution in [0.2, 0.25) is 5.02 Å². The van der Waals surface area contributed by atoms with Gasteiger partial charge in [0.05, 0.1) is 7.11 Å². The first-order valence-electron chi connectivity index (χ1n) is 5.94. The van der Waals surface area contributed by atoms with Gasteiger partial charge in [0.2, 0.25) is 0 Å². The SMILES string of the molecule is COC(=O)Nc1cc2c(cn1)COc1cc(Cl)ccc1-2. The first kappa shape index (κ1) is 12.7. The second-order valence-corrected chi connectivity index (χ2v) is 4.71. The number of pyridine rings is 1. The summed E-state index contributed by atoms with van der Waals surface area (Å²) >= 11 is 5.96. The quantitative estimate of drug-likeness (QED) is 0.873. The Hall–Kier alpha value is -2.27. The minimum Gasteiger partial charge on any atom is -0.488 e. The van der Waals surface area contributed by atoms with Gasteiger partial charge in [0, 0.05) is 22.3 Å². The fourth-order valence-corrected chi connectivity index (χ4v) is 2.23. The molecule has 102 valence electrons. The van der Waals surface area contributed by atoms with Gasteiger partial charge in [-0.1, -0.05) is 11.6 Å². The normalized spacial score (nSPS) is 11.9. The summed E-state index contributed by atoms with van der Waals surface area (Å²) in [5.74, 6) is 1.15. The van der Waals surface area contributed by atoms with E-state index in [1.165, 1.54) is 7.11 Å². The number of carbonyl (C=O) groups is 1. The van der Waals surface area contributed by atoms with Gasteiger partial charge in [-0.25, -0.2) is 9.78 Å². The molecule has 20 heavy (non-hydrogen) atoms. The number of hydrogen-bond acceptors (Lipinski definition) is 4. The molecule has 5 nitrogen and oxygen atoms in total. The van der Waals surface area contributed by atoms with E-state index in [2.05, 4.69) is 15.0 Å². The van der Waals surface area contributed by atoms with E-state index in [1.54, 1.807) is 24.4 Å². The molecule has 1 amide bonds. The van der Waals surface area contributed by atoms with Crippen molar-refractivity contribution < 1.29 is 14.3 Å². The number of methoxy groups -OCH3 is 1. The molecule has 0 radical (unpaired) electrons. The largest absolute Gasteiger partial charge is 0.488 e. The molecular weight excluding hydrogens is 280 g/mol. The van der Waals surface area contributed by atoms with E-state index in [9.17, 15) is 4.79 Å². The maximum atomic E-state index is 11.2. The number of hydrogen-bond donors (Lipinski definition) is 1. The van der Waals surface area contributed by atoms with Gasteiger partial charge in [0.1, 0.15) is 18.2 Å². The highest BCUT2D eigenvalue weighted by atomic mass is 35.5. The van der Waals surface area contributed by atoms with Crippen LogP contribution in [0.15, 0.2) is 30.5 Å². The molecule has 0 saturated carbocycles. The predicted octanol–water partition coefficient (Wildman–Crippen LogP) is 3.47. The monoisotopic (exact) mass is 290 g/mol. The molecule has 1 aromatic heterocycles. The van der Waals surface area contributed by atoms with Crippen molar-refractivity contribution in [1.82, 2.24) is 4.98 Å². The van der Waals surface area contributed by atoms with Crippen molar-refractivity contribution in [2.45, 2.75) is 6.61 Å². The van der Waals surface area contributed by atoms with Crippen LogP contribution < -0.4 is 10.1 Å². The van der Waals surface area contributed by atoms with Gasteiger partial charge in [-0.15, -0.1) is 0 Å². The maximum absolute atomic E-state index is 11.2. The second kappa shape index (κ2) is 5.02. The zero-order valence-corrected chi connectivity index (χ0v) is 11.4. The Kier molecular flexibility index (Phi) is 3.20. The standard InChI is InChI=1S/C14H11ClN2O3/c1-19-14(18)17-13-5-11-8(6-16-13)7-20-12-4-9(15)2-3-10(11)12/h2-6H,7H2,1H3,(H,16,17,18). The topological polar surface area (TPSA) is 60.5 Å². The maximum Gasteiger partial charge on any atom is 0.412 e. The number of aromatic nitrogens is 1. The van der Waals surface area contributed by atoms with Crippen molar-refractivity contribution in [1.29, 1.82) is 0 Å². The van der Waals surface area contributed by atoms with Crippen LogP contribution in [0.1, 0.15) is 5.56 Å². The van der Waals surface area contributed by atoms with Crippen LogP contribution >= 0.6 is 11.6 Å². The van der Waals surface area contributed by atoms with Crippen molar-refractivity contribution in [3.63, 3.8) is 0 Å². The minimum atomic E-state index is -0.555. The van der Waals surface area contributed by atoms with Gasteiger partial charge < -0.3 is 9.47 Å². The molecule has 1 aromatic carbocycles. The number of amides is 1. The van der Waals surface area contributed by atoms with Gasteiger partial charge in [-0.3, -0.25) is 5.32 Å². The Morgan fingerprint density at radius 3 is 3.05 bits per heavy atom. The smallest absolute Gasteiger partial charge is 0.412 e. The van der Waals surface area contributed by atoms with Crippen LogP contribution in [-0.2, 0) is 11.3 Å². The van der Waals surface area contributed by atoms with E-state index in [-0.39, 0.29) is 0 Å². The molecule has 1 aliphatic heterocycles. The molecule has 0 spiro atoms. The van der Waals surface area contributed by atoms with Crippen molar-refractivity contribution in [2.24, 2.45) is 0 Å². The van der Waals surface area contributed by atoms with Gasteiger partial charge >= 0.3 is 6.09 Å². The summed E-state index contributed by atoms with van der Waals surface area (Å²) in [5, 5.41) is 3.16.